The third kappa shape index (κ3) is 7.63. The molecule has 4 nitrogen and oxygen atoms in total. The van der Waals surface area contributed by atoms with Crippen LogP contribution in [0.2, 0.25) is 0 Å². The summed E-state index contributed by atoms with van der Waals surface area (Å²) in [4.78, 5) is 11.7. The summed E-state index contributed by atoms with van der Waals surface area (Å²) >= 11 is 0. The number of aliphatic hydroxyl groups is 2. The quantitative estimate of drug-likeness (QED) is 0.344. The summed E-state index contributed by atoms with van der Waals surface area (Å²) in [5.74, 6) is 0.681. The molecule has 0 radical (unpaired) electrons. The highest BCUT2D eigenvalue weighted by atomic mass is 16.5. The predicted octanol–water partition coefficient (Wildman–Crippen LogP) is 4.30. The number of ether oxygens (including phenoxy) is 1. The number of aliphatic hydroxyl groups excluding tert-OH is 2. The molecule has 0 aromatic heterocycles. The van der Waals surface area contributed by atoms with Gasteiger partial charge in [-0.2, -0.15) is 0 Å². The minimum atomic E-state index is -0.837. The number of unbranched alkanes of at least 4 members (excludes halogenated alkanes) is 3. The lowest BCUT2D eigenvalue weighted by molar-refractivity contribution is -0.151. The largest absolute Gasteiger partial charge is 0.462 e. The van der Waals surface area contributed by atoms with Crippen molar-refractivity contribution < 1.29 is 19.7 Å². The van der Waals surface area contributed by atoms with Crippen LogP contribution in [0.1, 0.15) is 77.6 Å². The molecular weight excluding hydrogens is 328 g/mol. The van der Waals surface area contributed by atoms with Gasteiger partial charge >= 0.3 is 5.97 Å². The normalized spacial score (nSPS) is 29.3. The Kier molecular flexibility index (Phi) is 9.41. The average Bonchev–Trinajstić information content (AvgIpc) is 3.38. The van der Waals surface area contributed by atoms with Crippen LogP contribution in [-0.2, 0) is 9.53 Å². The van der Waals surface area contributed by atoms with E-state index in [9.17, 15) is 15.0 Å². The molecule has 1 saturated carbocycles. The van der Waals surface area contributed by atoms with E-state index in [-0.39, 0.29) is 12.1 Å². The maximum absolute atomic E-state index is 11.7. The summed E-state index contributed by atoms with van der Waals surface area (Å²) in [5, 5.41) is 20.1. The minimum Gasteiger partial charge on any atom is -0.462 e. The molecule has 26 heavy (non-hydrogen) atoms. The molecule has 1 aliphatic carbocycles. The van der Waals surface area contributed by atoms with Crippen LogP contribution < -0.4 is 0 Å². The number of carbonyl (C=O) groups is 1. The molecule has 2 N–H and O–H groups in total. The number of esters is 1. The van der Waals surface area contributed by atoms with Crippen LogP contribution in [0.3, 0.4) is 0 Å². The van der Waals surface area contributed by atoms with E-state index in [0.717, 1.165) is 38.5 Å². The second kappa shape index (κ2) is 11.6. The van der Waals surface area contributed by atoms with E-state index in [1.807, 2.05) is 12.2 Å². The molecule has 1 aliphatic heterocycles. The molecule has 2 unspecified atom stereocenters. The molecule has 0 aromatic carbocycles. The number of carbonyl (C=O) groups excluding carboxylic acids is 1. The maximum atomic E-state index is 11.7. The number of hydrogen-bond donors (Lipinski definition) is 2. The number of allylic oxidation sites excluding steroid dienone is 2. The maximum Gasteiger partial charge on any atom is 0.306 e. The fourth-order valence-electron chi connectivity index (χ4n) is 3.65. The van der Waals surface area contributed by atoms with Gasteiger partial charge in [0, 0.05) is 12.3 Å². The topological polar surface area (TPSA) is 66.8 Å². The molecular formula is C22H36O4. The van der Waals surface area contributed by atoms with Crippen LogP contribution in [0.15, 0.2) is 24.3 Å². The zero-order valence-electron chi connectivity index (χ0n) is 16.2. The Labute approximate surface area is 158 Å². The van der Waals surface area contributed by atoms with Gasteiger partial charge in [0.05, 0.1) is 12.2 Å². The summed E-state index contributed by atoms with van der Waals surface area (Å²) in [6.45, 7) is 2.18. The Morgan fingerprint density at radius 3 is 2.85 bits per heavy atom. The molecule has 0 amide bonds. The van der Waals surface area contributed by atoms with Crippen molar-refractivity contribution in [3.8, 4) is 0 Å². The summed E-state index contributed by atoms with van der Waals surface area (Å²) in [6.07, 6.45) is 17.0. The number of cyclic esters (lactones) is 1. The van der Waals surface area contributed by atoms with Gasteiger partial charge in [0.25, 0.3) is 0 Å². The molecule has 0 aromatic rings. The lowest BCUT2D eigenvalue weighted by atomic mass is 10.0. The van der Waals surface area contributed by atoms with Gasteiger partial charge in [-0.3, -0.25) is 4.79 Å². The fraction of sp³-hybridized carbons (Fsp3) is 0.773. The Morgan fingerprint density at radius 1 is 1.19 bits per heavy atom. The molecule has 1 heterocycles. The number of rotatable bonds is 10. The standard InChI is InChI=1S/C22H36O4/c1-2-3-4-5-6-8-11-19(23)20(24)15-14-17-16-18(17)21-12-9-7-10-13-22(25)26-21/h6,8,14-15,17-21,23-24H,2-5,7,9-13,16H2,1H3/b8-6-,15-14+/t17-,18-,19?,20?,21-/m1/s1. The lowest BCUT2D eigenvalue weighted by Gasteiger charge is -2.20. The Morgan fingerprint density at radius 2 is 2.04 bits per heavy atom. The first-order valence-corrected chi connectivity index (χ1v) is 10.5. The Balaban J connectivity index is 1.68. The van der Waals surface area contributed by atoms with E-state index in [1.54, 1.807) is 6.08 Å². The van der Waals surface area contributed by atoms with Gasteiger partial charge in [-0.1, -0.05) is 50.5 Å². The molecule has 2 rings (SSSR count). The third-order valence-electron chi connectivity index (χ3n) is 5.49. The van der Waals surface area contributed by atoms with E-state index < -0.39 is 12.2 Å². The molecule has 5 atom stereocenters. The van der Waals surface area contributed by atoms with Crippen molar-refractivity contribution >= 4 is 5.97 Å². The summed E-state index contributed by atoms with van der Waals surface area (Å²) < 4.78 is 5.60. The van der Waals surface area contributed by atoms with Crippen LogP contribution >= 0.6 is 0 Å². The fourth-order valence-corrected chi connectivity index (χ4v) is 3.65. The van der Waals surface area contributed by atoms with Gasteiger partial charge in [-0.05, 0) is 50.9 Å². The van der Waals surface area contributed by atoms with Gasteiger partial charge < -0.3 is 14.9 Å². The van der Waals surface area contributed by atoms with Crippen molar-refractivity contribution in [2.75, 3.05) is 0 Å². The Hall–Kier alpha value is -1.13. The molecule has 1 saturated heterocycles. The van der Waals surface area contributed by atoms with Crippen molar-refractivity contribution in [3.05, 3.63) is 24.3 Å². The first kappa shape index (κ1) is 21.2. The summed E-state index contributed by atoms with van der Waals surface area (Å²) in [5.41, 5.74) is 0. The van der Waals surface area contributed by atoms with Crippen molar-refractivity contribution in [3.63, 3.8) is 0 Å². The smallest absolute Gasteiger partial charge is 0.306 e. The van der Waals surface area contributed by atoms with Gasteiger partial charge in [-0.15, -0.1) is 0 Å². The summed E-state index contributed by atoms with van der Waals surface area (Å²) in [6, 6.07) is 0. The van der Waals surface area contributed by atoms with E-state index in [4.69, 9.17) is 4.74 Å². The molecule has 148 valence electrons. The van der Waals surface area contributed by atoms with Crippen LogP contribution in [0.4, 0.5) is 0 Å². The SMILES string of the molecule is CCCCC/C=C\CC(O)C(O)/C=C/[C@@H]1C[C@H]1[C@H]1CCCCCC(=O)O1. The molecule has 4 heteroatoms. The van der Waals surface area contributed by atoms with Gasteiger partial charge in [-0.25, -0.2) is 0 Å². The van der Waals surface area contributed by atoms with E-state index in [0.29, 0.717) is 24.7 Å². The highest BCUT2D eigenvalue weighted by Crippen LogP contribution is 2.45. The van der Waals surface area contributed by atoms with Crippen molar-refractivity contribution in [2.45, 2.75) is 95.9 Å². The molecule has 2 aliphatic rings. The first-order chi connectivity index (χ1) is 12.6. The average molecular weight is 365 g/mol. The van der Waals surface area contributed by atoms with E-state index in [1.165, 1.54) is 19.3 Å². The van der Waals surface area contributed by atoms with Crippen LogP contribution in [0.25, 0.3) is 0 Å². The van der Waals surface area contributed by atoms with Crippen LogP contribution in [0.5, 0.6) is 0 Å². The van der Waals surface area contributed by atoms with E-state index >= 15 is 0 Å². The zero-order chi connectivity index (χ0) is 18.8. The third-order valence-corrected chi connectivity index (χ3v) is 5.49. The molecule has 0 bridgehead atoms. The second-order valence-electron chi connectivity index (χ2n) is 7.84. The van der Waals surface area contributed by atoms with Crippen LogP contribution in [-0.4, -0.2) is 34.5 Å². The van der Waals surface area contributed by atoms with Crippen molar-refractivity contribution in [2.24, 2.45) is 11.8 Å². The number of hydrogen-bond acceptors (Lipinski definition) is 4. The highest BCUT2D eigenvalue weighted by molar-refractivity contribution is 5.69. The molecule has 0 spiro atoms. The van der Waals surface area contributed by atoms with Gasteiger partial charge in [0.2, 0.25) is 0 Å². The highest BCUT2D eigenvalue weighted by Gasteiger charge is 2.43. The zero-order valence-corrected chi connectivity index (χ0v) is 16.2. The van der Waals surface area contributed by atoms with Gasteiger partial charge in [0.15, 0.2) is 0 Å². The summed E-state index contributed by atoms with van der Waals surface area (Å²) in [7, 11) is 0. The van der Waals surface area contributed by atoms with Crippen molar-refractivity contribution in [1.29, 1.82) is 0 Å². The first-order valence-electron chi connectivity index (χ1n) is 10.5. The predicted molar refractivity (Wildman–Crippen MR) is 104 cm³/mol. The lowest BCUT2D eigenvalue weighted by Crippen LogP contribution is -2.23. The second-order valence-corrected chi connectivity index (χ2v) is 7.84. The van der Waals surface area contributed by atoms with E-state index in [2.05, 4.69) is 13.0 Å². The van der Waals surface area contributed by atoms with Crippen molar-refractivity contribution in [1.82, 2.24) is 0 Å². The van der Waals surface area contributed by atoms with Gasteiger partial charge in [0.1, 0.15) is 6.10 Å². The monoisotopic (exact) mass is 364 g/mol. The Bertz CT molecular complexity index is 471. The van der Waals surface area contributed by atoms with Crippen LogP contribution in [0, 0.1) is 11.8 Å². The molecule has 2 fully saturated rings. The minimum absolute atomic E-state index is 0.0329.